The van der Waals surface area contributed by atoms with E-state index in [0.29, 0.717) is 16.8 Å². The van der Waals surface area contributed by atoms with Crippen molar-refractivity contribution < 1.29 is 18.0 Å². The van der Waals surface area contributed by atoms with Crippen molar-refractivity contribution in [3.05, 3.63) is 95.6 Å². The minimum Gasteiger partial charge on any atom is -0.275 e. The monoisotopic (exact) mass is 380 g/mol. The Bertz CT molecular complexity index is 1040. The van der Waals surface area contributed by atoms with E-state index in [1.54, 1.807) is 4.90 Å². The molecule has 0 atom stereocenters. The number of halogens is 3. The first-order chi connectivity index (χ1) is 13.4. The summed E-state index contributed by atoms with van der Waals surface area (Å²) in [6.07, 6.45) is -4.37. The summed E-state index contributed by atoms with van der Waals surface area (Å²) in [4.78, 5) is 19.0. The Morgan fingerprint density at radius 2 is 1.46 bits per heavy atom. The number of benzene rings is 3. The number of alkyl halides is 3. The maximum absolute atomic E-state index is 13.0. The van der Waals surface area contributed by atoms with E-state index in [1.165, 1.54) is 12.1 Å². The van der Waals surface area contributed by atoms with Gasteiger partial charge in [-0.05, 0) is 35.9 Å². The number of amides is 1. The quantitative estimate of drug-likeness (QED) is 0.601. The highest BCUT2D eigenvalue weighted by atomic mass is 19.4. The molecule has 3 aromatic carbocycles. The first kappa shape index (κ1) is 18.0. The van der Waals surface area contributed by atoms with Gasteiger partial charge in [-0.25, -0.2) is 0 Å². The van der Waals surface area contributed by atoms with Crippen LogP contribution in [0.3, 0.4) is 0 Å². The van der Waals surface area contributed by atoms with E-state index in [0.717, 1.165) is 23.5 Å². The van der Waals surface area contributed by atoms with Crippen LogP contribution >= 0.6 is 0 Å². The van der Waals surface area contributed by atoms with Gasteiger partial charge in [0.05, 0.1) is 17.8 Å². The fourth-order valence-corrected chi connectivity index (χ4v) is 3.16. The predicted molar refractivity (Wildman–Crippen MR) is 102 cm³/mol. The molecule has 0 bridgehead atoms. The lowest BCUT2D eigenvalue weighted by atomic mass is 10.1. The molecule has 1 heterocycles. The summed E-state index contributed by atoms with van der Waals surface area (Å²) in [5, 5.41) is 0. The fraction of sp³-hybridized carbons (Fsp3) is 0.0909. The molecule has 1 aliphatic heterocycles. The first-order valence-corrected chi connectivity index (χ1v) is 8.64. The molecule has 0 saturated carbocycles. The smallest absolute Gasteiger partial charge is 0.275 e. The molecule has 0 spiro atoms. The molecule has 0 aromatic heterocycles. The number of rotatable bonds is 3. The van der Waals surface area contributed by atoms with Gasteiger partial charge in [-0.1, -0.05) is 48.5 Å². The molecule has 28 heavy (non-hydrogen) atoms. The third-order valence-electron chi connectivity index (χ3n) is 4.52. The second-order valence-electron chi connectivity index (χ2n) is 6.35. The predicted octanol–water partition coefficient (Wildman–Crippen LogP) is 5.37. The molecule has 3 nitrogen and oxygen atoms in total. The van der Waals surface area contributed by atoms with Crippen LogP contribution in [-0.2, 0) is 17.5 Å². The van der Waals surface area contributed by atoms with Gasteiger partial charge in [-0.3, -0.25) is 14.7 Å². The van der Waals surface area contributed by atoms with Gasteiger partial charge < -0.3 is 0 Å². The van der Waals surface area contributed by atoms with Crippen LogP contribution in [0.5, 0.6) is 0 Å². The third-order valence-corrected chi connectivity index (χ3v) is 4.52. The number of para-hydroxylation sites is 2. The molecule has 0 saturated heterocycles. The highest BCUT2D eigenvalue weighted by Crippen LogP contribution is 2.35. The average Bonchev–Trinajstić information content (AvgIpc) is 2.98. The Labute approximate surface area is 159 Å². The van der Waals surface area contributed by atoms with Gasteiger partial charge >= 0.3 is 6.18 Å². The van der Waals surface area contributed by atoms with E-state index < -0.39 is 11.7 Å². The number of nitrogens with zero attached hydrogens (tertiary/aromatic N) is 2. The summed E-state index contributed by atoms with van der Waals surface area (Å²) in [6, 6.07) is 21.4. The van der Waals surface area contributed by atoms with E-state index in [2.05, 4.69) is 4.99 Å². The standard InChI is InChI=1S/C22H15F3N2O/c23-22(24,25)16-12-10-15(11-13-16)14-26-20-18-8-4-5-9-19(18)27(21(20)28)17-6-2-1-3-7-17/h1-13H,14H2. The number of hydrogen-bond acceptors (Lipinski definition) is 2. The van der Waals surface area contributed by atoms with Crippen molar-refractivity contribution in [1.82, 2.24) is 0 Å². The molecular formula is C22H15F3N2O. The van der Waals surface area contributed by atoms with E-state index in [-0.39, 0.29) is 12.5 Å². The van der Waals surface area contributed by atoms with E-state index in [1.807, 2.05) is 54.6 Å². The summed E-state index contributed by atoms with van der Waals surface area (Å²) in [6.45, 7) is 0.121. The normalized spacial score (nSPS) is 15.2. The molecule has 0 N–H and O–H groups in total. The average molecular weight is 380 g/mol. The van der Waals surface area contributed by atoms with Crippen LogP contribution in [0, 0.1) is 0 Å². The molecule has 4 rings (SSSR count). The van der Waals surface area contributed by atoms with Crippen molar-refractivity contribution in [2.45, 2.75) is 12.7 Å². The van der Waals surface area contributed by atoms with E-state index in [9.17, 15) is 18.0 Å². The molecule has 1 aliphatic rings. The Kier molecular flexibility index (Phi) is 4.47. The summed E-state index contributed by atoms with van der Waals surface area (Å²) in [7, 11) is 0. The maximum Gasteiger partial charge on any atom is 0.416 e. The van der Waals surface area contributed by atoms with Crippen LogP contribution in [0.2, 0.25) is 0 Å². The molecule has 140 valence electrons. The molecule has 0 radical (unpaired) electrons. The number of carbonyl (C=O) groups is 1. The third kappa shape index (κ3) is 3.29. The van der Waals surface area contributed by atoms with Gasteiger partial charge in [0, 0.05) is 11.3 Å². The molecule has 0 unspecified atom stereocenters. The van der Waals surface area contributed by atoms with Gasteiger partial charge in [0.1, 0.15) is 5.71 Å². The Hall–Kier alpha value is -3.41. The van der Waals surface area contributed by atoms with Gasteiger partial charge in [-0.2, -0.15) is 13.2 Å². The van der Waals surface area contributed by atoms with Crippen molar-refractivity contribution in [2.24, 2.45) is 4.99 Å². The molecule has 0 aliphatic carbocycles. The minimum absolute atomic E-state index is 0.121. The van der Waals surface area contributed by atoms with Crippen molar-refractivity contribution >= 4 is 23.0 Å². The molecule has 3 aromatic rings. The summed E-state index contributed by atoms with van der Waals surface area (Å²) in [5.74, 6) is -0.251. The summed E-state index contributed by atoms with van der Waals surface area (Å²) < 4.78 is 38.1. The molecule has 6 heteroatoms. The van der Waals surface area contributed by atoms with Gasteiger partial charge in [0.25, 0.3) is 5.91 Å². The first-order valence-electron chi connectivity index (χ1n) is 8.64. The largest absolute Gasteiger partial charge is 0.416 e. The van der Waals surface area contributed by atoms with Gasteiger partial charge in [-0.15, -0.1) is 0 Å². The minimum atomic E-state index is -4.37. The fourth-order valence-electron chi connectivity index (χ4n) is 3.16. The number of fused-ring (bicyclic) bond motifs is 1. The lowest BCUT2D eigenvalue weighted by Gasteiger charge is -2.16. The number of anilines is 2. The highest BCUT2D eigenvalue weighted by Gasteiger charge is 2.34. The van der Waals surface area contributed by atoms with Crippen LogP contribution in [0.25, 0.3) is 0 Å². The second-order valence-corrected chi connectivity index (χ2v) is 6.35. The topological polar surface area (TPSA) is 32.7 Å². The van der Waals surface area contributed by atoms with Crippen molar-refractivity contribution in [3.8, 4) is 0 Å². The van der Waals surface area contributed by atoms with Crippen LogP contribution in [0.1, 0.15) is 16.7 Å². The summed E-state index contributed by atoms with van der Waals surface area (Å²) >= 11 is 0. The Balaban J connectivity index is 1.65. The highest BCUT2D eigenvalue weighted by molar-refractivity contribution is 6.55. The number of hydrogen-bond donors (Lipinski definition) is 0. The SMILES string of the molecule is O=C1C(=NCc2ccc(C(F)(F)F)cc2)c2ccccc2N1c1ccccc1. The van der Waals surface area contributed by atoms with Crippen LogP contribution in [-0.4, -0.2) is 11.6 Å². The zero-order valence-electron chi connectivity index (χ0n) is 14.6. The molecular weight excluding hydrogens is 365 g/mol. The van der Waals surface area contributed by atoms with Crippen molar-refractivity contribution in [3.63, 3.8) is 0 Å². The van der Waals surface area contributed by atoms with Gasteiger partial charge in [0.15, 0.2) is 0 Å². The van der Waals surface area contributed by atoms with Crippen LogP contribution < -0.4 is 4.90 Å². The van der Waals surface area contributed by atoms with Gasteiger partial charge in [0.2, 0.25) is 0 Å². The number of carbonyl (C=O) groups excluding carboxylic acids is 1. The van der Waals surface area contributed by atoms with E-state index >= 15 is 0 Å². The number of aliphatic imine (C=N–C) groups is 1. The zero-order valence-corrected chi connectivity index (χ0v) is 14.6. The molecule has 0 fully saturated rings. The Morgan fingerprint density at radius 3 is 2.14 bits per heavy atom. The molecule has 1 amide bonds. The lowest BCUT2D eigenvalue weighted by molar-refractivity contribution is -0.137. The second kappa shape index (κ2) is 6.96. The Morgan fingerprint density at radius 1 is 0.821 bits per heavy atom. The maximum atomic E-state index is 13.0. The van der Waals surface area contributed by atoms with Crippen molar-refractivity contribution in [2.75, 3.05) is 4.90 Å². The summed E-state index contributed by atoms with van der Waals surface area (Å²) in [5.41, 5.74) is 2.39. The lowest BCUT2D eigenvalue weighted by Crippen LogP contribution is -2.25. The van der Waals surface area contributed by atoms with E-state index in [4.69, 9.17) is 0 Å². The zero-order chi connectivity index (χ0) is 19.7. The van der Waals surface area contributed by atoms with Crippen molar-refractivity contribution in [1.29, 1.82) is 0 Å². The van der Waals surface area contributed by atoms with Crippen LogP contribution in [0.15, 0.2) is 83.9 Å². The van der Waals surface area contributed by atoms with Crippen LogP contribution in [0.4, 0.5) is 24.5 Å².